The second-order valence-corrected chi connectivity index (χ2v) is 21.3. The molecular weight excluding hydrogens is 899 g/mol. The first-order chi connectivity index (χ1) is 32.9. The third-order valence-corrected chi connectivity index (χ3v) is 15.2. The highest BCUT2D eigenvalue weighted by Gasteiger charge is 2.54. The maximum Gasteiger partial charge on any atom is 0.276 e. The molecule has 69 heavy (non-hydrogen) atoms. The molecule has 2 aliphatic carbocycles. The van der Waals surface area contributed by atoms with Gasteiger partial charge in [0.15, 0.2) is 0 Å². The highest BCUT2D eigenvalue weighted by molar-refractivity contribution is 7.13. The molecule has 1 aromatic carbocycles. The lowest BCUT2D eigenvalue weighted by molar-refractivity contribution is -0.144. The molecule has 5 heterocycles. The molecule has 8 rings (SSSR count). The number of benzene rings is 1. The average Bonchev–Trinajstić information content (AvgIpc) is 3.57. The summed E-state index contributed by atoms with van der Waals surface area (Å²) in [4.78, 5) is 95.7. The molecule has 18 nitrogen and oxygen atoms in total. The molecule has 2 saturated carbocycles. The van der Waals surface area contributed by atoms with Crippen LogP contribution in [0.3, 0.4) is 0 Å². The van der Waals surface area contributed by atoms with E-state index in [1.165, 1.54) is 24.1 Å². The number of amides is 5. The van der Waals surface area contributed by atoms with Crippen LogP contribution in [0.2, 0.25) is 0 Å². The zero-order chi connectivity index (χ0) is 49.1. The largest absolute Gasteiger partial charge is 0.391 e. The van der Waals surface area contributed by atoms with Crippen molar-refractivity contribution in [3.05, 3.63) is 81.1 Å². The maximum absolute atomic E-state index is 14.0. The van der Waals surface area contributed by atoms with Gasteiger partial charge in [0.25, 0.3) is 11.5 Å². The molecule has 3 fully saturated rings. The molecule has 2 spiro atoms. The number of aliphatic hydroxyl groups is 1. The Balaban J connectivity index is 0.738. The molecule has 0 bridgehead atoms. The van der Waals surface area contributed by atoms with E-state index in [0.717, 1.165) is 47.4 Å². The molecule has 3 atom stereocenters. The summed E-state index contributed by atoms with van der Waals surface area (Å²) in [5.74, 6) is -0.557. The first-order valence-electron chi connectivity index (χ1n) is 24.2. The molecule has 368 valence electrons. The number of nitrogens with zero attached hydrogens (tertiary/aromatic N) is 5. The number of pyridine rings is 1. The first kappa shape index (κ1) is 49.2. The van der Waals surface area contributed by atoms with Crippen LogP contribution >= 0.6 is 11.3 Å². The van der Waals surface area contributed by atoms with E-state index < -0.39 is 35.2 Å². The summed E-state index contributed by atoms with van der Waals surface area (Å²) in [6.45, 7) is 10.3. The predicted molar refractivity (Wildman–Crippen MR) is 263 cm³/mol. The Kier molecular flexibility index (Phi) is 14.6. The van der Waals surface area contributed by atoms with E-state index in [0.29, 0.717) is 66.3 Å². The second kappa shape index (κ2) is 20.4. The Morgan fingerprint density at radius 3 is 2.30 bits per heavy atom. The van der Waals surface area contributed by atoms with E-state index in [1.54, 1.807) is 28.0 Å². The van der Waals surface area contributed by atoms with Crippen molar-refractivity contribution < 1.29 is 29.1 Å². The van der Waals surface area contributed by atoms with Gasteiger partial charge in [-0.25, -0.2) is 15.0 Å². The number of nitrogens with one attached hydrogen (secondary N) is 6. The Labute approximate surface area is 406 Å². The van der Waals surface area contributed by atoms with Gasteiger partial charge in [-0.3, -0.25) is 33.3 Å². The minimum Gasteiger partial charge on any atom is -0.391 e. The summed E-state index contributed by atoms with van der Waals surface area (Å²) in [5, 5.41) is 28.8. The van der Waals surface area contributed by atoms with Crippen molar-refractivity contribution in [3.63, 3.8) is 0 Å². The molecule has 2 aliphatic heterocycles. The summed E-state index contributed by atoms with van der Waals surface area (Å²) >= 11 is 1.57. The van der Waals surface area contributed by atoms with Gasteiger partial charge < -0.3 is 41.9 Å². The molecule has 2 unspecified atom stereocenters. The maximum atomic E-state index is 14.0. The Hall–Kier alpha value is -6.21. The second-order valence-electron chi connectivity index (χ2n) is 20.4. The fourth-order valence-electron chi connectivity index (χ4n) is 9.95. The number of rotatable bonds is 18. The normalized spacial score (nSPS) is 19.2. The number of anilines is 3. The number of aliphatic hydroxyl groups excluding tert-OH is 1. The highest BCUT2D eigenvalue weighted by atomic mass is 32.1. The smallest absolute Gasteiger partial charge is 0.276 e. The minimum absolute atomic E-state index is 0.00685. The zero-order valence-electron chi connectivity index (χ0n) is 40.2. The van der Waals surface area contributed by atoms with Crippen LogP contribution in [0.5, 0.6) is 0 Å². The topological polar surface area (TPSA) is 242 Å². The Morgan fingerprint density at radius 1 is 0.884 bits per heavy atom. The third-order valence-electron chi connectivity index (χ3n) is 14.2. The number of carbonyl (C=O) groups is 5. The Bertz CT molecular complexity index is 2630. The van der Waals surface area contributed by atoms with Gasteiger partial charge in [0, 0.05) is 51.5 Å². The van der Waals surface area contributed by atoms with Crippen LogP contribution in [0, 0.1) is 24.7 Å². The fourth-order valence-corrected chi connectivity index (χ4v) is 10.8. The van der Waals surface area contributed by atoms with Gasteiger partial charge >= 0.3 is 0 Å². The number of hydrogen-bond acceptors (Lipinski definition) is 13. The number of β-amino-alcohol motifs (C(OH)–C–C–N with tert-alkyl or cyclic N) is 1. The number of thiazole rings is 1. The van der Waals surface area contributed by atoms with E-state index >= 15 is 0 Å². The van der Waals surface area contributed by atoms with Crippen molar-refractivity contribution in [1.82, 2.24) is 45.7 Å². The average molecular weight is 964 g/mol. The van der Waals surface area contributed by atoms with Crippen LogP contribution in [0.4, 0.5) is 17.3 Å². The quantitative estimate of drug-likeness (QED) is 0.0640. The Morgan fingerprint density at radius 2 is 1.61 bits per heavy atom. The van der Waals surface area contributed by atoms with Gasteiger partial charge in [-0.1, -0.05) is 51.5 Å². The molecule has 3 aromatic heterocycles. The SMILES string of the molecule is Cc1cc(Nc2cc(NCCC(=O)NCCCCCC(=O)NC(C(=O)N3C[C@H](O)CC3C(=O)NCc3ccc(-c4scnc4C)cc3)C(C)(C)C)ncn2)c(=O)n2c1C(=O)NC21CCC2(CC2)CC1. The van der Waals surface area contributed by atoms with Crippen LogP contribution in [-0.4, -0.2) is 96.9 Å². The number of likely N-dealkylation sites (tertiary alicyclic amines) is 1. The van der Waals surface area contributed by atoms with Crippen molar-refractivity contribution in [2.24, 2.45) is 10.8 Å². The van der Waals surface area contributed by atoms with Gasteiger partial charge in [0.2, 0.25) is 23.6 Å². The summed E-state index contributed by atoms with van der Waals surface area (Å²) in [6, 6.07) is 9.43. The molecular formula is C50H65N11O7S. The molecule has 7 N–H and O–H groups in total. The molecule has 5 amide bonds. The van der Waals surface area contributed by atoms with Crippen molar-refractivity contribution in [3.8, 4) is 10.4 Å². The zero-order valence-corrected chi connectivity index (χ0v) is 41.0. The van der Waals surface area contributed by atoms with Gasteiger partial charge in [-0.05, 0) is 98.8 Å². The van der Waals surface area contributed by atoms with Crippen molar-refractivity contribution >= 4 is 58.2 Å². The number of aryl methyl sites for hydroxylation is 2. The number of hydrogen-bond donors (Lipinski definition) is 7. The van der Waals surface area contributed by atoms with E-state index in [-0.39, 0.29) is 61.5 Å². The lowest BCUT2D eigenvalue weighted by Gasteiger charge is -2.39. The van der Waals surface area contributed by atoms with E-state index in [2.05, 4.69) is 46.9 Å². The summed E-state index contributed by atoms with van der Waals surface area (Å²) in [5.41, 5.74) is 4.89. The number of aromatic nitrogens is 4. The van der Waals surface area contributed by atoms with Crippen molar-refractivity contribution in [1.29, 1.82) is 0 Å². The number of unbranched alkanes of at least 4 members (excludes halogenated alkanes) is 2. The summed E-state index contributed by atoms with van der Waals surface area (Å²) in [7, 11) is 0. The molecule has 0 radical (unpaired) electrons. The van der Waals surface area contributed by atoms with E-state index in [1.807, 2.05) is 64.4 Å². The van der Waals surface area contributed by atoms with Crippen LogP contribution in [0.25, 0.3) is 10.4 Å². The van der Waals surface area contributed by atoms with Gasteiger partial charge in [-0.15, -0.1) is 11.3 Å². The van der Waals surface area contributed by atoms with Gasteiger partial charge in [-0.2, -0.15) is 0 Å². The lowest BCUT2D eigenvalue weighted by atomic mass is 9.79. The lowest BCUT2D eigenvalue weighted by Crippen LogP contribution is -2.57. The molecule has 19 heteroatoms. The number of fused-ring (bicyclic) bond motifs is 2. The minimum atomic E-state index is -0.917. The van der Waals surface area contributed by atoms with Crippen molar-refractivity contribution in [2.45, 2.75) is 142 Å². The monoisotopic (exact) mass is 963 g/mol. The van der Waals surface area contributed by atoms with E-state index in [9.17, 15) is 33.9 Å². The van der Waals surface area contributed by atoms with Crippen LogP contribution < -0.4 is 37.5 Å². The third kappa shape index (κ3) is 11.3. The standard InChI is InChI=1S/C50H65N11O7S/c1-30-23-35(46(67)61-41(30)45(66)59-50(61)19-17-49(15-16-49)18-20-50)57-38-25-37(54-28-55-38)51-22-14-39(63)52-21-8-6-7-9-40(64)58-43(48(3,4)5)47(68)60-27-34(62)24-36(60)44(65)53-26-32-10-12-33(13-11-32)42-31(2)56-29-69-42/h10-13,23,25,28-29,34,36,43,62H,6-9,14-22,24,26-27H2,1-5H3,(H,52,63)(H,53,65)(H,58,64)(H,59,66)(H2,51,54,55,57)/t34-,36?,43?/m1/s1. The highest BCUT2D eigenvalue weighted by Crippen LogP contribution is 2.59. The van der Waals surface area contributed by atoms with Gasteiger partial charge in [0.1, 0.15) is 47.1 Å². The van der Waals surface area contributed by atoms with E-state index in [4.69, 9.17) is 0 Å². The molecule has 4 aromatic rings. The summed E-state index contributed by atoms with van der Waals surface area (Å²) < 4.78 is 1.67. The van der Waals surface area contributed by atoms with Crippen molar-refractivity contribution in [2.75, 3.05) is 30.3 Å². The summed E-state index contributed by atoms with van der Waals surface area (Å²) in [6.07, 6.45) is 8.74. The first-order valence-corrected chi connectivity index (χ1v) is 25.1. The van der Waals surface area contributed by atoms with Crippen LogP contribution in [0.15, 0.2) is 53.0 Å². The molecule has 1 saturated heterocycles. The van der Waals surface area contributed by atoms with Crippen LogP contribution in [-0.2, 0) is 31.4 Å². The number of carbonyl (C=O) groups excluding carboxylic acids is 5. The molecule has 4 aliphatic rings. The van der Waals surface area contributed by atoms with Gasteiger partial charge in [0.05, 0.1) is 22.2 Å². The fraction of sp³-hybridized carbons (Fsp3) is 0.540. The van der Waals surface area contributed by atoms with Crippen LogP contribution in [0.1, 0.15) is 125 Å². The predicted octanol–water partition coefficient (Wildman–Crippen LogP) is 5.16.